The van der Waals surface area contributed by atoms with Crippen LogP contribution in [-0.2, 0) is 9.59 Å². The highest BCUT2D eigenvalue weighted by Gasteiger charge is 2.52. The van der Waals surface area contributed by atoms with Crippen LogP contribution in [0.15, 0.2) is 24.3 Å². The average Bonchev–Trinajstić information content (AvgIpc) is 2.62. The van der Waals surface area contributed by atoms with Gasteiger partial charge in [0.2, 0.25) is 5.91 Å². The summed E-state index contributed by atoms with van der Waals surface area (Å²) in [6, 6.07) is 6.31. The van der Waals surface area contributed by atoms with Crippen LogP contribution in [0.2, 0.25) is 5.02 Å². The Bertz CT molecular complexity index is 544. The highest BCUT2D eigenvalue weighted by Crippen LogP contribution is 2.52. The number of hydrogen-bond acceptors (Lipinski definition) is 3. The number of amides is 1. The molecule has 0 saturated carbocycles. The number of hydrogen-bond donors (Lipinski definition) is 1. The predicted molar refractivity (Wildman–Crippen MR) is 79.8 cm³/mol. The van der Waals surface area contributed by atoms with Crippen LogP contribution < -0.4 is 0 Å². The molecule has 1 saturated heterocycles. The lowest BCUT2D eigenvalue weighted by molar-refractivity contribution is -0.150. The summed E-state index contributed by atoms with van der Waals surface area (Å²) in [4.78, 5) is 24.9. The molecule has 1 amide bonds. The molecule has 1 heterocycles. The van der Waals surface area contributed by atoms with Gasteiger partial charge in [0, 0.05) is 16.7 Å². The number of nitrogens with zero attached hydrogens (tertiary/aromatic N) is 1. The topological polar surface area (TPSA) is 57.6 Å². The zero-order valence-electron chi connectivity index (χ0n) is 11.5. The SMILES string of the molecule is CC(=O)N1C(C(=O)O)C(C)(C)S[C@@H]1c1ccc(Cl)cc1. The number of carboxylic acids is 1. The minimum absolute atomic E-state index is 0.240. The second-order valence-electron chi connectivity index (χ2n) is 5.29. The Kier molecular flexibility index (Phi) is 4.02. The van der Waals surface area contributed by atoms with Gasteiger partial charge < -0.3 is 10.0 Å². The number of carboxylic acid groups (broad SMARTS) is 1. The first-order valence-corrected chi connectivity index (χ1v) is 7.45. The third kappa shape index (κ3) is 2.65. The molecule has 1 unspecified atom stereocenters. The average molecular weight is 314 g/mol. The summed E-state index contributed by atoms with van der Waals surface area (Å²) in [5, 5.41) is 9.76. The summed E-state index contributed by atoms with van der Waals surface area (Å²) in [6.07, 6.45) is 0. The first-order chi connectivity index (χ1) is 9.24. The van der Waals surface area contributed by atoms with E-state index in [1.807, 2.05) is 26.0 Å². The second kappa shape index (κ2) is 5.30. The molecule has 1 N–H and O–H groups in total. The molecule has 1 fully saturated rings. The van der Waals surface area contributed by atoms with Gasteiger partial charge in [-0.1, -0.05) is 23.7 Å². The largest absolute Gasteiger partial charge is 0.480 e. The molecule has 0 bridgehead atoms. The van der Waals surface area contributed by atoms with Crippen molar-refractivity contribution < 1.29 is 14.7 Å². The highest BCUT2D eigenvalue weighted by atomic mass is 35.5. The smallest absolute Gasteiger partial charge is 0.327 e. The van der Waals surface area contributed by atoms with Crippen molar-refractivity contribution >= 4 is 35.2 Å². The van der Waals surface area contributed by atoms with Gasteiger partial charge in [-0.3, -0.25) is 4.79 Å². The molecule has 1 aliphatic heterocycles. The predicted octanol–water partition coefficient (Wildman–Crippen LogP) is 3.17. The van der Waals surface area contributed by atoms with E-state index in [-0.39, 0.29) is 11.3 Å². The fourth-order valence-corrected chi connectivity index (χ4v) is 4.22. The lowest BCUT2D eigenvalue weighted by atomic mass is 10.0. The van der Waals surface area contributed by atoms with Gasteiger partial charge in [0.1, 0.15) is 11.4 Å². The van der Waals surface area contributed by atoms with Gasteiger partial charge >= 0.3 is 5.97 Å². The highest BCUT2D eigenvalue weighted by molar-refractivity contribution is 8.01. The Hall–Kier alpha value is -1.20. The summed E-state index contributed by atoms with van der Waals surface area (Å²) in [7, 11) is 0. The van der Waals surface area contributed by atoms with Crippen molar-refractivity contribution in [3.8, 4) is 0 Å². The minimum Gasteiger partial charge on any atom is -0.480 e. The molecule has 0 spiro atoms. The number of rotatable bonds is 2. The lowest BCUT2D eigenvalue weighted by Gasteiger charge is -2.28. The van der Waals surface area contributed by atoms with Gasteiger partial charge in [-0.25, -0.2) is 4.79 Å². The molecule has 1 aromatic carbocycles. The van der Waals surface area contributed by atoms with Crippen molar-refractivity contribution in [2.45, 2.75) is 36.9 Å². The maximum absolute atomic E-state index is 11.9. The molecule has 2 rings (SSSR count). The van der Waals surface area contributed by atoms with Crippen molar-refractivity contribution in [3.63, 3.8) is 0 Å². The number of thioether (sulfide) groups is 1. The molecule has 1 aliphatic rings. The molecule has 108 valence electrons. The molecule has 6 heteroatoms. The summed E-state index contributed by atoms with van der Waals surface area (Å²) in [5.74, 6) is -1.22. The monoisotopic (exact) mass is 313 g/mol. The normalized spacial score (nSPS) is 24.7. The molecule has 20 heavy (non-hydrogen) atoms. The van der Waals surface area contributed by atoms with Gasteiger partial charge in [0.25, 0.3) is 0 Å². The molecule has 4 nitrogen and oxygen atoms in total. The van der Waals surface area contributed by atoms with E-state index in [0.717, 1.165) is 5.56 Å². The number of benzene rings is 1. The second-order valence-corrected chi connectivity index (χ2v) is 7.46. The Balaban J connectivity index is 2.45. The lowest BCUT2D eigenvalue weighted by Crippen LogP contribution is -2.48. The van der Waals surface area contributed by atoms with Gasteiger partial charge in [-0.15, -0.1) is 11.8 Å². The van der Waals surface area contributed by atoms with Gasteiger partial charge in [-0.2, -0.15) is 0 Å². The Morgan fingerprint density at radius 2 is 1.85 bits per heavy atom. The van der Waals surface area contributed by atoms with Crippen LogP contribution in [0.3, 0.4) is 0 Å². The van der Waals surface area contributed by atoms with Crippen LogP contribution in [0.5, 0.6) is 0 Å². The van der Waals surface area contributed by atoms with Crippen molar-refractivity contribution in [2.24, 2.45) is 0 Å². The third-order valence-electron chi connectivity index (χ3n) is 3.36. The minimum atomic E-state index is -0.978. The molecule has 0 aliphatic carbocycles. The number of carbonyl (C=O) groups is 2. The zero-order valence-corrected chi connectivity index (χ0v) is 13.0. The summed E-state index contributed by atoms with van der Waals surface area (Å²) < 4.78 is -0.554. The van der Waals surface area contributed by atoms with Gasteiger partial charge in [0.15, 0.2) is 0 Å². The Labute approximate surface area is 127 Å². The molecule has 0 aromatic heterocycles. The quantitative estimate of drug-likeness (QED) is 0.911. The van der Waals surface area contributed by atoms with E-state index < -0.39 is 16.8 Å². The fourth-order valence-electron chi connectivity index (χ4n) is 2.50. The van der Waals surface area contributed by atoms with Crippen molar-refractivity contribution in [1.82, 2.24) is 4.90 Å². The summed E-state index contributed by atoms with van der Waals surface area (Å²) in [5.41, 5.74) is 0.881. The van der Waals surface area contributed by atoms with E-state index in [4.69, 9.17) is 11.6 Å². The first-order valence-electron chi connectivity index (χ1n) is 6.19. The van der Waals surface area contributed by atoms with E-state index in [1.165, 1.54) is 23.6 Å². The third-order valence-corrected chi connectivity index (χ3v) is 5.16. The van der Waals surface area contributed by atoms with Gasteiger partial charge in [0.05, 0.1) is 0 Å². The zero-order chi connectivity index (χ0) is 15.1. The maximum Gasteiger partial charge on any atom is 0.327 e. The standard InChI is InChI=1S/C14H16ClNO3S/c1-8(17)16-11(13(18)19)14(2,3)20-12(16)9-4-6-10(15)7-5-9/h4-7,11-12H,1-3H3,(H,18,19)/t11?,12-/m1/s1. The fraction of sp³-hybridized carbons (Fsp3) is 0.429. The van der Waals surface area contributed by atoms with Crippen molar-refractivity contribution in [3.05, 3.63) is 34.9 Å². The van der Waals surface area contributed by atoms with Crippen LogP contribution in [0.4, 0.5) is 0 Å². The van der Waals surface area contributed by atoms with Crippen LogP contribution in [0, 0.1) is 0 Å². The van der Waals surface area contributed by atoms with E-state index in [0.29, 0.717) is 5.02 Å². The number of aliphatic carboxylic acids is 1. The van der Waals surface area contributed by atoms with E-state index >= 15 is 0 Å². The summed E-state index contributed by atoms with van der Waals surface area (Å²) in [6.45, 7) is 5.10. The molecule has 2 atom stereocenters. The van der Waals surface area contributed by atoms with Crippen LogP contribution >= 0.6 is 23.4 Å². The van der Waals surface area contributed by atoms with Crippen molar-refractivity contribution in [2.75, 3.05) is 0 Å². The van der Waals surface area contributed by atoms with Crippen LogP contribution in [0.25, 0.3) is 0 Å². The number of carbonyl (C=O) groups excluding carboxylic acids is 1. The van der Waals surface area contributed by atoms with Crippen molar-refractivity contribution in [1.29, 1.82) is 0 Å². The number of halogens is 1. The van der Waals surface area contributed by atoms with Crippen LogP contribution in [-0.4, -0.2) is 32.7 Å². The van der Waals surface area contributed by atoms with E-state index in [1.54, 1.807) is 12.1 Å². The summed E-state index contributed by atoms with van der Waals surface area (Å²) >= 11 is 7.35. The molecular weight excluding hydrogens is 298 g/mol. The Morgan fingerprint density at radius 3 is 2.30 bits per heavy atom. The molecule has 0 radical (unpaired) electrons. The van der Waals surface area contributed by atoms with E-state index in [2.05, 4.69) is 0 Å². The van der Waals surface area contributed by atoms with E-state index in [9.17, 15) is 14.7 Å². The van der Waals surface area contributed by atoms with Crippen LogP contribution in [0.1, 0.15) is 31.7 Å². The van der Waals surface area contributed by atoms with Gasteiger partial charge in [-0.05, 0) is 31.5 Å². The molecular formula is C14H16ClNO3S. The maximum atomic E-state index is 11.9. The molecule has 1 aromatic rings. The first kappa shape index (κ1) is 15.2. The Morgan fingerprint density at radius 1 is 1.30 bits per heavy atom.